The lowest BCUT2D eigenvalue weighted by molar-refractivity contribution is 0.0746. The van der Waals surface area contributed by atoms with Crippen LogP contribution in [-0.2, 0) is 6.54 Å². The number of pyridine rings is 1. The maximum atomic E-state index is 12.8. The second-order valence-electron chi connectivity index (χ2n) is 6.98. The summed E-state index contributed by atoms with van der Waals surface area (Å²) in [7, 11) is 0. The molecule has 1 aromatic carbocycles. The molecule has 0 unspecified atom stereocenters. The quantitative estimate of drug-likeness (QED) is 0.738. The minimum Gasteiger partial charge on any atom is -0.467 e. The lowest BCUT2D eigenvalue weighted by Crippen LogP contribution is -2.48. The van der Waals surface area contributed by atoms with E-state index in [1.165, 1.54) is 11.3 Å². The summed E-state index contributed by atoms with van der Waals surface area (Å²) >= 11 is 0. The van der Waals surface area contributed by atoms with Crippen LogP contribution >= 0.6 is 0 Å². The molecule has 6 heteroatoms. The Kier molecular flexibility index (Phi) is 5.28. The Morgan fingerprint density at radius 2 is 1.96 bits per heavy atom. The second kappa shape index (κ2) is 8.17. The van der Waals surface area contributed by atoms with Crippen molar-refractivity contribution in [2.45, 2.75) is 13.5 Å². The Hall–Kier alpha value is -3.28. The molecule has 3 heterocycles. The van der Waals surface area contributed by atoms with Gasteiger partial charge in [-0.25, -0.2) is 4.98 Å². The molecule has 4 rings (SSSR count). The van der Waals surface area contributed by atoms with Crippen LogP contribution in [0.25, 0.3) is 0 Å². The molecule has 1 N–H and O–H groups in total. The van der Waals surface area contributed by atoms with Gasteiger partial charge in [0.2, 0.25) is 0 Å². The summed E-state index contributed by atoms with van der Waals surface area (Å²) < 4.78 is 5.29. The predicted octanol–water partition coefficient (Wildman–Crippen LogP) is 3.56. The highest BCUT2D eigenvalue weighted by molar-refractivity contribution is 5.94. The summed E-state index contributed by atoms with van der Waals surface area (Å²) in [5.74, 6) is 1.60. The molecule has 0 radical (unpaired) electrons. The van der Waals surface area contributed by atoms with E-state index in [2.05, 4.69) is 46.4 Å². The van der Waals surface area contributed by atoms with Crippen LogP contribution in [0.5, 0.6) is 0 Å². The lowest BCUT2D eigenvalue weighted by Gasteiger charge is -2.36. The van der Waals surface area contributed by atoms with E-state index in [0.29, 0.717) is 25.2 Å². The molecular formula is C22H24N4O2. The summed E-state index contributed by atoms with van der Waals surface area (Å²) in [5.41, 5.74) is 3.09. The van der Waals surface area contributed by atoms with Crippen LogP contribution in [0.4, 0.5) is 11.5 Å². The first kappa shape index (κ1) is 18.1. The fourth-order valence-electron chi connectivity index (χ4n) is 3.39. The van der Waals surface area contributed by atoms with Gasteiger partial charge in [-0.3, -0.25) is 4.79 Å². The zero-order valence-corrected chi connectivity index (χ0v) is 16.0. The molecule has 28 heavy (non-hydrogen) atoms. The van der Waals surface area contributed by atoms with Gasteiger partial charge < -0.3 is 19.5 Å². The van der Waals surface area contributed by atoms with Gasteiger partial charge in [-0.05, 0) is 48.9 Å². The third-order valence-electron chi connectivity index (χ3n) is 4.97. The van der Waals surface area contributed by atoms with Crippen molar-refractivity contribution < 1.29 is 9.21 Å². The van der Waals surface area contributed by atoms with Crippen LogP contribution in [0.15, 0.2) is 65.4 Å². The minimum absolute atomic E-state index is 0.0361. The molecule has 144 valence electrons. The number of amides is 1. The molecule has 6 nitrogen and oxygen atoms in total. The van der Waals surface area contributed by atoms with E-state index >= 15 is 0 Å². The summed E-state index contributed by atoms with van der Waals surface area (Å²) in [6.45, 7) is 5.77. The van der Waals surface area contributed by atoms with Crippen LogP contribution in [0.1, 0.15) is 21.7 Å². The smallest absolute Gasteiger partial charge is 0.255 e. The third-order valence-corrected chi connectivity index (χ3v) is 4.97. The average molecular weight is 376 g/mol. The van der Waals surface area contributed by atoms with Crippen molar-refractivity contribution in [1.82, 2.24) is 9.88 Å². The number of hydrogen-bond donors (Lipinski definition) is 1. The summed E-state index contributed by atoms with van der Waals surface area (Å²) in [5, 5.41) is 3.18. The summed E-state index contributed by atoms with van der Waals surface area (Å²) in [6.07, 6.45) is 3.28. The van der Waals surface area contributed by atoms with Crippen molar-refractivity contribution in [2.75, 3.05) is 36.4 Å². The molecule has 1 amide bonds. The van der Waals surface area contributed by atoms with Gasteiger partial charge in [-0.2, -0.15) is 0 Å². The predicted molar refractivity (Wildman–Crippen MR) is 110 cm³/mol. The van der Waals surface area contributed by atoms with Crippen molar-refractivity contribution in [3.05, 3.63) is 77.9 Å². The normalized spacial score (nSPS) is 14.2. The second-order valence-corrected chi connectivity index (χ2v) is 6.98. The lowest BCUT2D eigenvalue weighted by atomic mass is 10.1. The van der Waals surface area contributed by atoms with Crippen LogP contribution in [-0.4, -0.2) is 42.0 Å². The van der Waals surface area contributed by atoms with E-state index in [-0.39, 0.29) is 5.91 Å². The highest BCUT2D eigenvalue weighted by atomic mass is 16.3. The number of anilines is 2. The van der Waals surface area contributed by atoms with Gasteiger partial charge in [0, 0.05) is 38.1 Å². The maximum absolute atomic E-state index is 12.8. The molecule has 0 spiro atoms. The molecule has 1 aliphatic rings. The van der Waals surface area contributed by atoms with Gasteiger partial charge in [-0.1, -0.05) is 12.1 Å². The highest BCUT2D eigenvalue weighted by Crippen LogP contribution is 2.19. The standard InChI is InChI=1S/C22H24N4O2/c1-17-4-2-5-19(14-17)25-9-11-26(12-10-25)22(27)18-7-8-21(23-15-18)24-16-20-6-3-13-28-20/h2-8,13-15H,9-12,16H2,1H3,(H,23,24). The molecule has 2 aromatic heterocycles. The number of aromatic nitrogens is 1. The number of aryl methyl sites for hydroxylation is 1. The Balaban J connectivity index is 1.32. The van der Waals surface area contributed by atoms with E-state index in [1.54, 1.807) is 12.5 Å². The van der Waals surface area contributed by atoms with E-state index in [9.17, 15) is 4.79 Å². The first-order valence-corrected chi connectivity index (χ1v) is 9.52. The summed E-state index contributed by atoms with van der Waals surface area (Å²) in [6, 6.07) is 15.9. The fourth-order valence-corrected chi connectivity index (χ4v) is 3.39. The van der Waals surface area contributed by atoms with E-state index in [0.717, 1.165) is 24.7 Å². The zero-order valence-electron chi connectivity index (χ0n) is 16.0. The monoisotopic (exact) mass is 376 g/mol. The fraction of sp³-hybridized carbons (Fsp3) is 0.273. The van der Waals surface area contributed by atoms with Crippen molar-refractivity contribution >= 4 is 17.4 Å². The molecule has 0 saturated carbocycles. The topological polar surface area (TPSA) is 61.6 Å². The number of carbonyl (C=O) groups is 1. The van der Waals surface area contributed by atoms with Crippen LogP contribution in [0, 0.1) is 6.92 Å². The molecule has 3 aromatic rings. The van der Waals surface area contributed by atoms with Crippen molar-refractivity contribution in [3.63, 3.8) is 0 Å². The Morgan fingerprint density at radius 1 is 1.11 bits per heavy atom. The van der Waals surface area contributed by atoms with Gasteiger partial charge in [-0.15, -0.1) is 0 Å². The Bertz CT molecular complexity index is 914. The van der Waals surface area contributed by atoms with Gasteiger partial charge in [0.05, 0.1) is 18.4 Å². The molecular weight excluding hydrogens is 352 g/mol. The molecule has 1 saturated heterocycles. The van der Waals surface area contributed by atoms with Crippen LogP contribution in [0.2, 0.25) is 0 Å². The number of benzene rings is 1. The third kappa shape index (κ3) is 4.17. The minimum atomic E-state index is 0.0361. The zero-order chi connectivity index (χ0) is 19.3. The molecule has 0 bridgehead atoms. The van der Waals surface area contributed by atoms with E-state index in [4.69, 9.17) is 4.42 Å². The van der Waals surface area contributed by atoms with Gasteiger partial charge in [0.25, 0.3) is 5.91 Å². The van der Waals surface area contributed by atoms with E-state index < -0.39 is 0 Å². The maximum Gasteiger partial charge on any atom is 0.255 e. The average Bonchev–Trinajstić information content (AvgIpc) is 3.26. The van der Waals surface area contributed by atoms with Crippen molar-refractivity contribution in [1.29, 1.82) is 0 Å². The number of carbonyl (C=O) groups excluding carboxylic acids is 1. The first-order chi connectivity index (χ1) is 13.7. The van der Waals surface area contributed by atoms with Crippen LogP contribution < -0.4 is 10.2 Å². The van der Waals surface area contributed by atoms with Crippen LogP contribution in [0.3, 0.4) is 0 Å². The SMILES string of the molecule is Cc1cccc(N2CCN(C(=O)c3ccc(NCc4ccco4)nc3)CC2)c1. The highest BCUT2D eigenvalue weighted by Gasteiger charge is 2.22. The number of nitrogens with zero attached hydrogens (tertiary/aromatic N) is 3. The number of rotatable bonds is 5. The molecule has 1 fully saturated rings. The number of nitrogens with one attached hydrogen (secondary N) is 1. The molecule has 0 atom stereocenters. The molecule has 0 aliphatic carbocycles. The number of piperazine rings is 1. The molecule has 1 aliphatic heterocycles. The van der Waals surface area contributed by atoms with E-state index in [1.807, 2.05) is 29.2 Å². The first-order valence-electron chi connectivity index (χ1n) is 9.52. The summed E-state index contributed by atoms with van der Waals surface area (Å²) in [4.78, 5) is 21.4. The van der Waals surface area contributed by atoms with Gasteiger partial charge in [0.15, 0.2) is 0 Å². The van der Waals surface area contributed by atoms with Crippen molar-refractivity contribution in [2.24, 2.45) is 0 Å². The van der Waals surface area contributed by atoms with Crippen molar-refractivity contribution in [3.8, 4) is 0 Å². The number of furan rings is 1. The Morgan fingerprint density at radius 3 is 2.64 bits per heavy atom. The van der Waals surface area contributed by atoms with Gasteiger partial charge >= 0.3 is 0 Å². The largest absolute Gasteiger partial charge is 0.467 e. The Labute approximate surface area is 164 Å². The van der Waals surface area contributed by atoms with Gasteiger partial charge in [0.1, 0.15) is 11.6 Å². The number of hydrogen-bond acceptors (Lipinski definition) is 5.